The van der Waals surface area contributed by atoms with E-state index in [9.17, 15) is 20.0 Å². The second-order valence-electron chi connectivity index (χ2n) is 3.13. The Morgan fingerprint density at radius 3 is 2.79 bits per heavy atom. The van der Waals surface area contributed by atoms with Crippen molar-refractivity contribution in [1.82, 2.24) is 0 Å². The number of hydrogen-bond acceptors (Lipinski definition) is 8. The standard InChI is InChI=1S/C10H8N4O5/c1-19-10(16)8(5-11)13-12-7-3-2-6(14(17)18)4-9(7)15/h2-4,12,15H,1H3. The third-order valence-corrected chi connectivity index (χ3v) is 1.96. The summed E-state index contributed by atoms with van der Waals surface area (Å²) in [6, 6.07) is 4.71. The third kappa shape index (κ3) is 3.40. The molecule has 0 heterocycles. The fourth-order valence-electron chi connectivity index (χ4n) is 1.06. The van der Waals surface area contributed by atoms with E-state index in [1.807, 2.05) is 0 Å². The van der Waals surface area contributed by atoms with Crippen LogP contribution in [0.3, 0.4) is 0 Å². The first-order valence-corrected chi connectivity index (χ1v) is 4.79. The van der Waals surface area contributed by atoms with Crippen LogP contribution in [0, 0.1) is 21.4 Å². The summed E-state index contributed by atoms with van der Waals surface area (Å²) in [5, 5.41) is 32.0. The summed E-state index contributed by atoms with van der Waals surface area (Å²) in [5.74, 6) is -1.39. The molecule has 2 N–H and O–H groups in total. The number of esters is 1. The minimum absolute atomic E-state index is 0.00209. The number of benzene rings is 1. The topological polar surface area (TPSA) is 138 Å². The second-order valence-corrected chi connectivity index (χ2v) is 3.13. The zero-order valence-corrected chi connectivity index (χ0v) is 9.65. The van der Waals surface area contributed by atoms with Crippen molar-refractivity contribution in [2.75, 3.05) is 12.5 Å². The molecule has 1 aromatic carbocycles. The number of nitriles is 1. The van der Waals surface area contributed by atoms with Crippen LogP contribution in [0.5, 0.6) is 5.75 Å². The summed E-state index contributed by atoms with van der Waals surface area (Å²) in [5.41, 5.74) is 1.38. The molecule has 0 bridgehead atoms. The lowest BCUT2D eigenvalue weighted by Crippen LogP contribution is -2.15. The number of aromatic hydroxyl groups is 1. The number of nitro groups is 1. The number of non-ortho nitro benzene ring substituents is 1. The summed E-state index contributed by atoms with van der Waals surface area (Å²) in [4.78, 5) is 20.8. The predicted molar refractivity (Wildman–Crippen MR) is 63.4 cm³/mol. The first-order valence-electron chi connectivity index (χ1n) is 4.79. The van der Waals surface area contributed by atoms with Gasteiger partial charge in [-0.25, -0.2) is 4.79 Å². The summed E-state index contributed by atoms with van der Waals surface area (Å²) in [6.07, 6.45) is 0. The van der Waals surface area contributed by atoms with Crippen LogP contribution in [0.1, 0.15) is 0 Å². The molecule has 1 aromatic rings. The molecule has 19 heavy (non-hydrogen) atoms. The van der Waals surface area contributed by atoms with E-state index in [4.69, 9.17) is 5.26 Å². The number of anilines is 1. The van der Waals surface area contributed by atoms with Gasteiger partial charge >= 0.3 is 5.97 Å². The number of nitro benzene ring substituents is 1. The Bertz CT molecular complexity index is 590. The molecule has 0 unspecified atom stereocenters. The number of hydrogen-bond donors (Lipinski definition) is 2. The SMILES string of the molecule is COC(=O)C(C#N)=NNc1ccc([N+](=O)[O-])cc1O. The molecule has 9 heteroatoms. The highest BCUT2D eigenvalue weighted by atomic mass is 16.6. The number of hydrazone groups is 1. The van der Waals surface area contributed by atoms with Crippen molar-refractivity contribution in [2.24, 2.45) is 5.10 Å². The highest BCUT2D eigenvalue weighted by molar-refractivity contribution is 6.43. The number of ether oxygens (including phenoxy) is 1. The van der Waals surface area contributed by atoms with Crippen LogP contribution in [0.2, 0.25) is 0 Å². The Kier molecular flexibility index (Phi) is 4.37. The van der Waals surface area contributed by atoms with Gasteiger partial charge in [-0.15, -0.1) is 0 Å². The maximum atomic E-state index is 11.0. The Labute approximate surface area is 106 Å². The number of phenolic OH excluding ortho intramolecular Hbond substituents is 1. The van der Waals surface area contributed by atoms with Crippen LogP contribution < -0.4 is 5.43 Å². The van der Waals surface area contributed by atoms with Crippen LogP contribution in [0.15, 0.2) is 23.3 Å². The van der Waals surface area contributed by atoms with E-state index in [1.165, 1.54) is 12.1 Å². The van der Waals surface area contributed by atoms with Crippen molar-refractivity contribution in [3.8, 4) is 11.8 Å². The van der Waals surface area contributed by atoms with E-state index < -0.39 is 22.4 Å². The highest BCUT2D eigenvalue weighted by Gasteiger charge is 2.12. The molecule has 1 rings (SSSR count). The number of carbonyl (C=O) groups is 1. The summed E-state index contributed by atoms with van der Waals surface area (Å²) >= 11 is 0. The Morgan fingerprint density at radius 2 is 2.32 bits per heavy atom. The van der Waals surface area contributed by atoms with Gasteiger partial charge in [0.15, 0.2) is 0 Å². The van der Waals surface area contributed by atoms with Gasteiger partial charge in [-0.2, -0.15) is 10.4 Å². The number of carbonyl (C=O) groups excluding carboxylic acids is 1. The Balaban J connectivity index is 2.95. The fourth-order valence-corrected chi connectivity index (χ4v) is 1.06. The lowest BCUT2D eigenvalue weighted by atomic mass is 10.2. The predicted octanol–water partition coefficient (Wildman–Crippen LogP) is 0.765. The number of rotatable bonds is 4. The lowest BCUT2D eigenvalue weighted by molar-refractivity contribution is -0.384. The number of methoxy groups -OCH3 is 1. The normalized spacial score (nSPS) is 10.4. The van der Waals surface area contributed by atoms with Crippen LogP contribution in [0.25, 0.3) is 0 Å². The van der Waals surface area contributed by atoms with Crippen LogP contribution in [-0.2, 0) is 9.53 Å². The average Bonchev–Trinajstić information content (AvgIpc) is 2.40. The van der Waals surface area contributed by atoms with Gasteiger partial charge in [0, 0.05) is 6.07 Å². The van der Waals surface area contributed by atoms with E-state index in [2.05, 4.69) is 15.3 Å². The van der Waals surface area contributed by atoms with Gasteiger partial charge < -0.3 is 9.84 Å². The van der Waals surface area contributed by atoms with Crippen molar-refractivity contribution < 1.29 is 19.6 Å². The maximum absolute atomic E-state index is 11.0. The first kappa shape index (κ1) is 13.9. The molecule has 0 aliphatic heterocycles. The molecule has 0 atom stereocenters. The van der Waals surface area contributed by atoms with E-state index in [1.54, 1.807) is 0 Å². The molecule has 0 radical (unpaired) electrons. The minimum atomic E-state index is -0.948. The van der Waals surface area contributed by atoms with Crippen molar-refractivity contribution >= 4 is 23.1 Å². The average molecular weight is 264 g/mol. The number of nitrogens with zero attached hydrogens (tertiary/aromatic N) is 3. The summed E-state index contributed by atoms with van der Waals surface area (Å²) < 4.78 is 4.29. The Hall–Kier alpha value is -3.15. The molecule has 98 valence electrons. The number of phenols is 1. The van der Waals surface area contributed by atoms with Gasteiger partial charge in [0.1, 0.15) is 11.8 Å². The lowest BCUT2D eigenvalue weighted by Gasteiger charge is -2.03. The maximum Gasteiger partial charge on any atom is 0.369 e. The van der Waals surface area contributed by atoms with Gasteiger partial charge in [-0.05, 0) is 6.07 Å². The van der Waals surface area contributed by atoms with E-state index in [-0.39, 0.29) is 11.4 Å². The van der Waals surface area contributed by atoms with E-state index in [0.717, 1.165) is 19.2 Å². The summed E-state index contributed by atoms with van der Waals surface area (Å²) in [6.45, 7) is 0. The first-order chi connectivity index (χ1) is 8.99. The molecule has 0 aromatic heterocycles. The molecule has 0 amide bonds. The van der Waals surface area contributed by atoms with Crippen LogP contribution in [-0.4, -0.2) is 28.8 Å². The van der Waals surface area contributed by atoms with Gasteiger partial charge in [-0.1, -0.05) is 0 Å². The van der Waals surface area contributed by atoms with Crippen molar-refractivity contribution in [3.63, 3.8) is 0 Å². The van der Waals surface area contributed by atoms with E-state index in [0.29, 0.717) is 0 Å². The molecule has 0 aliphatic rings. The van der Waals surface area contributed by atoms with Crippen LogP contribution in [0.4, 0.5) is 11.4 Å². The van der Waals surface area contributed by atoms with Gasteiger partial charge in [-0.3, -0.25) is 15.5 Å². The minimum Gasteiger partial charge on any atom is -0.505 e. The van der Waals surface area contributed by atoms with Crippen LogP contribution >= 0.6 is 0 Å². The molecule has 0 aliphatic carbocycles. The molecule has 0 spiro atoms. The van der Waals surface area contributed by atoms with Gasteiger partial charge in [0.25, 0.3) is 5.69 Å². The zero-order valence-electron chi connectivity index (χ0n) is 9.65. The fraction of sp³-hybridized carbons (Fsp3) is 0.100. The van der Waals surface area contributed by atoms with Crippen molar-refractivity contribution in [1.29, 1.82) is 5.26 Å². The second kappa shape index (κ2) is 5.97. The molecule has 9 nitrogen and oxygen atoms in total. The molecule has 0 saturated carbocycles. The highest BCUT2D eigenvalue weighted by Crippen LogP contribution is 2.27. The third-order valence-electron chi connectivity index (χ3n) is 1.96. The largest absolute Gasteiger partial charge is 0.505 e. The van der Waals surface area contributed by atoms with Gasteiger partial charge in [0.05, 0.1) is 23.8 Å². The molecule has 0 saturated heterocycles. The van der Waals surface area contributed by atoms with Crippen molar-refractivity contribution in [3.05, 3.63) is 28.3 Å². The summed E-state index contributed by atoms with van der Waals surface area (Å²) in [7, 11) is 1.08. The Morgan fingerprint density at radius 1 is 1.63 bits per heavy atom. The molecule has 0 fully saturated rings. The quantitative estimate of drug-likeness (QED) is 0.269. The molecular formula is C10H8N4O5. The monoisotopic (exact) mass is 264 g/mol. The van der Waals surface area contributed by atoms with Crippen molar-refractivity contribution in [2.45, 2.75) is 0 Å². The number of nitrogens with one attached hydrogen (secondary N) is 1. The zero-order chi connectivity index (χ0) is 14.4. The smallest absolute Gasteiger partial charge is 0.369 e. The van der Waals surface area contributed by atoms with Gasteiger partial charge in [0.2, 0.25) is 5.71 Å². The van der Waals surface area contributed by atoms with E-state index >= 15 is 0 Å². The molecular weight excluding hydrogens is 256 g/mol.